The predicted molar refractivity (Wildman–Crippen MR) is 76.3 cm³/mol. The summed E-state index contributed by atoms with van der Waals surface area (Å²) < 4.78 is 0. The number of carbonyl (C=O) groups excluding carboxylic acids is 1. The Balaban J connectivity index is 1.95. The molecule has 1 aliphatic rings. The molecule has 0 aliphatic carbocycles. The summed E-state index contributed by atoms with van der Waals surface area (Å²) in [5.41, 5.74) is 12.7. The van der Waals surface area contributed by atoms with E-state index in [-0.39, 0.29) is 17.2 Å². The van der Waals surface area contributed by atoms with Gasteiger partial charge in [-0.15, -0.1) is 0 Å². The standard InChI is InChI=1S/C14H14N4O2/c15-13-11(14(16)20)12(19)10(18-13)5-7-6-17-9-4-2-1-3-8(7)9/h1-4,6,10,17,19H,5H2,(H2,15,18)(H2,16,20)/t10-/m1/s1. The highest BCUT2D eigenvalue weighted by atomic mass is 16.3. The molecule has 0 radical (unpaired) electrons. The summed E-state index contributed by atoms with van der Waals surface area (Å²) in [6.07, 6.45) is 2.32. The number of nitrogens with zero attached hydrogens (tertiary/aromatic N) is 1. The topological polar surface area (TPSA) is 117 Å². The Bertz CT molecular complexity index is 757. The summed E-state index contributed by atoms with van der Waals surface area (Å²) in [4.78, 5) is 18.5. The molecule has 1 atom stereocenters. The molecule has 1 aliphatic heterocycles. The van der Waals surface area contributed by atoms with Crippen molar-refractivity contribution in [2.75, 3.05) is 0 Å². The lowest BCUT2D eigenvalue weighted by atomic mass is 10.0. The van der Waals surface area contributed by atoms with Crippen LogP contribution in [0.2, 0.25) is 0 Å². The van der Waals surface area contributed by atoms with Gasteiger partial charge in [0.2, 0.25) is 0 Å². The Morgan fingerprint density at radius 3 is 2.85 bits per heavy atom. The van der Waals surface area contributed by atoms with Gasteiger partial charge < -0.3 is 21.6 Å². The Hall–Kier alpha value is -2.76. The lowest BCUT2D eigenvalue weighted by molar-refractivity contribution is -0.114. The number of amides is 1. The highest BCUT2D eigenvalue weighted by Crippen LogP contribution is 2.25. The third kappa shape index (κ3) is 1.82. The molecule has 0 unspecified atom stereocenters. The molecular formula is C14H14N4O2. The van der Waals surface area contributed by atoms with Gasteiger partial charge in [0, 0.05) is 23.5 Å². The maximum atomic E-state index is 11.2. The SMILES string of the molecule is NC(=O)C1=C(O)[C@@H](Cc2c[nH]c3ccccc23)N=C1N. The molecule has 20 heavy (non-hydrogen) atoms. The van der Waals surface area contributed by atoms with Gasteiger partial charge in [-0.05, 0) is 11.6 Å². The normalized spacial score (nSPS) is 18.6. The van der Waals surface area contributed by atoms with Gasteiger partial charge in [0.1, 0.15) is 23.2 Å². The molecule has 0 saturated carbocycles. The summed E-state index contributed by atoms with van der Waals surface area (Å²) in [7, 11) is 0. The largest absolute Gasteiger partial charge is 0.509 e. The van der Waals surface area contributed by atoms with Gasteiger partial charge in [0.15, 0.2) is 0 Å². The Morgan fingerprint density at radius 2 is 2.15 bits per heavy atom. The van der Waals surface area contributed by atoms with Crippen molar-refractivity contribution in [1.82, 2.24) is 4.98 Å². The average molecular weight is 270 g/mol. The van der Waals surface area contributed by atoms with E-state index in [1.54, 1.807) is 0 Å². The number of aliphatic hydroxyl groups excluding tert-OH is 1. The number of aliphatic hydroxyl groups is 1. The first-order valence-corrected chi connectivity index (χ1v) is 6.19. The zero-order valence-electron chi connectivity index (χ0n) is 10.6. The molecule has 2 heterocycles. The second-order valence-corrected chi connectivity index (χ2v) is 4.72. The number of para-hydroxylation sites is 1. The minimum Gasteiger partial charge on any atom is -0.509 e. The van der Waals surface area contributed by atoms with Crippen molar-refractivity contribution in [3.8, 4) is 0 Å². The van der Waals surface area contributed by atoms with Crippen LogP contribution in [-0.2, 0) is 11.2 Å². The fraction of sp³-hybridized carbons (Fsp3) is 0.143. The number of aromatic amines is 1. The lowest BCUT2D eigenvalue weighted by Gasteiger charge is -2.07. The highest BCUT2D eigenvalue weighted by molar-refractivity contribution is 6.21. The van der Waals surface area contributed by atoms with Crippen LogP contribution < -0.4 is 11.5 Å². The van der Waals surface area contributed by atoms with E-state index in [1.807, 2.05) is 30.5 Å². The number of hydrogen-bond acceptors (Lipinski definition) is 4. The smallest absolute Gasteiger partial charge is 0.255 e. The number of primary amides is 1. The molecule has 1 amide bonds. The van der Waals surface area contributed by atoms with Gasteiger partial charge >= 0.3 is 0 Å². The van der Waals surface area contributed by atoms with Crippen molar-refractivity contribution in [3.05, 3.63) is 47.4 Å². The first kappa shape index (κ1) is 12.3. The van der Waals surface area contributed by atoms with E-state index in [4.69, 9.17) is 11.5 Å². The van der Waals surface area contributed by atoms with Crippen LogP contribution in [0.15, 0.2) is 46.8 Å². The van der Waals surface area contributed by atoms with Crippen LogP contribution in [-0.4, -0.2) is 27.9 Å². The zero-order valence-corrected chi connectivity index (χ0v) is 10.6. The molecule has 6 N–H and O–H groups in total. The summed E-state index contributed by atoms with van der Waals surface area (Å²) >= 11 is 0. The summed E-state index contributed by atoms with van der Waals surface area (Å²) in [5, 5.41) is 11.1. The van der Waals surface area contributed by atoms with Crippen LogP contribution >= 0.6 is 0 Å². The zero-order chi connectivity index (χ0) is 14.3. The number of rotatable bonds is 3. The molecule has 0 spiro atoms. The Kier molecular flexibility index (Phi) is 2.71. The Labute approximate surface area is 114 Å². The van der Waals surface area contributed by atoms with Crippen molar-refractivity contribution >= 4 is 22.6 Å². The first-order chi connectivity index (χ1) is 9.58. The van der Waals surface area contributed by atoms with Crippen LogP contribution in [0.4, 0.5) is 0 Å². The van der Waals surface area contributed by atoms with E-state index in [2.05, 4.69) is 9.98 Å². The average Bonchev–Trinajstić information content (AvgIpc) is 2.93. The molecule has 0 fully saturated rings. The van der Waals surface area contributed by atoms with Crippen LogP contribution in [0.3, 0.4) is 0 Å². The number of fused-ring (bicyclic) bond motifs is 1. The number of hydrogen-bond donors (Lipinski definition) is 4. The highest BCUT2D eigenvalue weighted by Gasteiger charge is 2.30. The summed E-state index contributed by atoms with van der Waals surface area (Å²) in [5.74, 6) is -0.912. The second kappa shape index (κ2) is 4.41. The second-order valence-electron chi connectivity index (χ2n) is 4.72. The molecule has 6 nitrogen and oxygen atoms in total. The molecule has 1 aromatic carbocycles. The number of H-pyrrole nitrogens is 1. The number of aliphatic imine (C=N–C) groups is 1. The van der Waals surface area contributed by atoms with Gasteiger partial charge in [-0.1, -0.05) is 18.2 Å². The molecule has 0 saturated heterocycles. The van der Waals surface area contributed by atoms with Crippen molar-refractivity contribution in [1.29, 1.82) is 0 Å². The molecule has 102 valence electrons. The van der Waals surface area contributed by atoms with Crippen LogP contribution in [0.25, 0.3) is 10.9 Å². The number of nitrogens with one attached hydrogen (secondary N) is 1. The molecular weight excluding hydrogens is 256 g/mol. The van der Waals surface area contributed by atoms with Crippen molar-refractivity contribution in [3.63, 3.8) is 0 Å². The van der Waals surface area contributed by atoms with E-state index >= 15 is 0 Å². The van der Waals surface area contributed by atoms with E-state index in [0.29, 0.717) is 6.42 Å². The van der Waals surface area contributed by atoms with Gasteiger partial charge in [-0.2, -0.15) is 0 Å². The number of aromatic nitrogens is 1. The van der Waals surface area contributed by atoms with E-state index in [1.165, 1.54) is 0 Å². The quantitative estimate of drug-likeness (QED) is 0.659. The third-order valence-electron chi connectivity index (χ3n) is 3.46. The molecule has 0 bridgehead atoms. The van der Waals surface area contributed by atoms with E-state index in [9.17, 15) is 9.90 Å². The fourth-order valence-corrected chi connectivity index (χ4v) is 2.49. The number of benzene rings is 1. The van der Waals surface area contributed by atoms with Gasteiger partial charge in [-0.3, -0.25) is 9.79 Å². The third-order valence-corrected chi connectivity index (χ3v) is 3.46. The molecule has 6 heteroatoms. The first-order valence-electron chi connectivity index (χ1n) is 6.19. The van der Waals surface area contributed by atoms with E-state index < -0.39 is 11.9 Å². The summed E-state index contributed by atoms with van der Waals surface area (Å²) in [6, 6.07) is 7.28. The predicted octanol–water partition coefficient (Wildman–Crippen LogP) is 0.747. The number of nitrogens with two attached hydrogens (primary N) is 2. The van der Waals surface area contributed by atoms with E-state index in [0.717, 1.165) is 16.5 Å². The molecule has 2 aromatic rings. The van der Waals surface area contributed by atoms with Gasteiger partial charge in [0.25, 0.3) is 5.91 Å². The van der Waals surface area contributed by atoms with Crippen LogP contribution in [0, 0.1) is 0 Å². The van der Waals surface area contributed by atoms with Crippen LogP contribution in [0.5, 0.6) is 0 Å². The molecule has 3 rings (SSSR count). The monoisotopic (exact) mass is 270 g/mol. The minimum atomic E-state index is -0.759. The number of carbonyl (C=O) groups is 1. The fourth-order valence-electron chi connectivity index (χ4n) is 2.49. The maximum Gasteiger partial charge on any atom is 0.255 e. The maximum absolute atomic E-state index is 11.2. The molecule has 1 aromatic heterocycles. The van der Waals surface area contributed by atoms with Crippen LogP contribution in [0.1, 0.15) is 5.56 Å². The Morgan fingerprint density at radius 1 is 1.40 bits per heavy atom. The van der Waals surface area contributed by atoms with Gasteiger partial charge in [-0.25, -0.2) is 0 Å². The minimum absolute atomic E-state index is 0.000147. The summed E-state index contributed by atoms with van der Waals surface area (Å²) in [6.45, 7) is 0. The van der Waals surface area contributed by atoms with Crippen molar-refractivity contribution < 1.29 is 9.90 Å². The number of amidine groups is 1. The van der Waals surface area contributed by atoms with Crippen molar-refractivity contribution in [2.45, 2.75) is 12.5 Å². The van der Waals surface area contributed by atoms with Crippen molar-refractivity contribution in [2.24, 2.45) is 16.5 Å². The lowest BCUT2D eigenvalue weighted by Crippen LogP contribution is -2.25. The van der Waals surface area contributed by atoms with Gasteiger partial charge in [0.05, 0.1) is 0 Å².